The Labute approximate surface area is 66.9 Å². The summed E-state index contributed by atoms with van der Waals surface area (Å²) in [6.45, 7) is 1.23. The van der Waals surface area contributed by atoms with Crippen LogP contribution in [0.1, 0.15) is 11.7 Å². The van der Waals surface area contributed by atoms with Crippen LogP contribution in [0.15, 0.2) is 6.20 Å². The highest BCUT2D eigenvalue weighted by atomic mass is 16.6. The van der Waals surface area contributed by atoms with Gasteiger partial charge in [-0.1, -0.05) is 0 Å². The van der Waals surface area contributed by atoms with E-state index in [0.29, 0.717) is 0 Å². The van der Waals surface area contributed by atoms with E-state index in [1.165, 1.54) is 6.92 Å². The lowest BCUT2D eigenvalue weighted by atomic mass is 10.5. The second-order valence-electron chi connectivity index (χ2n) is 2.12. The topological polar surface area (TPSA) is 104 Å². The first-order valence-electron chi connectivity index (χ1n) is 3.03. The number of nitrogens with zero attached hydrogens (tertiary/aromatic N) is 3. The van der Waals surface area contributed by atoms with E-state index in [0.717, 1.165) is 10.9 Å². The van der Waals surface area contributed by atoms with Gasteiger partial charge in [0.05, 0.1) is 4.92 Å². The number of anilines is 1. The Morgan fingerprint density at radius 3 is 2.67 bits per heavy atom. The lowest BCUT2D eigenvalue weighted by Gasteiger charge is -1.86. The summed E-state index contributed by atoms with van der Waals surface area (Å²) >= 11 is 0. The van der Waals surface area contributed by atoms with E-state index in [1.54, 1.807) is 0 Å². The van der Waals surface area contributed by atoms with Crippen LogP contribution in [0.2, 0.25) is 0 Å². The van der Waals surface area contributed by atoms with Crippen LogP contribution in [0.4, 0.5) is 11.5 Å². The minimum atomic E-state index is -0.693. The van der Waals surface area contributed by atoms with Crippen molar-refractivity contribution in [3.8, 4) is 0 Å². The average Bonchev–Trinajstić information content (AvgIpc) is 2.30. The highest BCUT2D eigenvalue weighted by molar-refractivity contribution is 5.76. The first kappa shape index (κ1) is 8.18. The van der Waals surface area contributed by atoms with Gasteiger partial charge >= 0.3 is 5.69 Å². The third-order valence-electron chi connectivity index (χ3n) is 1.24. The summed E-state index contributed by atoms with van der Waals surface area (Å²) in [5, 5.41) is 13.7. The van der Waals surface area contributed by atoms with E-state index >= 15 is 0 Å². The van der Waals surface area contributed by atoms with Gasteiger partial charge in [-0.2, -0.15) is 4.68 Å². The second kappa shape index (κ2) is 2.61. The average molecular weight is 170 g/mol. The van der Waals surface area contributed by atoms with Crippen molar-refractivity contribution < 1.29 is 9.72 Å². The highest BCUT2D eigenvalue weighted by Crippen LogP contribution is 2.17. The van der Waals surface area contributed by atoms with Crippen LogP contribution in [0.3, 0.4) is 0 Å². The zero-order valence-electron chi connectivity index (χ0n) is 6.22. The van der Waals surface area contributed by atoms with Crippen LogP contribution in [-0.4, -0.2) is 20.6 Å². The molecule has 0 radical (unpaired) electrons. The molecule has 7 nitrogen and oxygen atoms in total. The summed E-state index contributed by atoms with van der Waals surface area (Å²) < 4.78 is 0.827. The van der Waals surface area contributed by atoms with E-state index in [-0.39, 0.29) is 11.5 Å². The summed E-state index contributed by atoms with van der Waals surface area (Å²) in [5.41, 5.74) is 4.80. The molecule has 0 aliphatic carbocycles. The molecule has 12 heavy (non-hydrogen) atoms. The van der Waals surface area contributed by atoms with Crippen molar-refractivity contribution in [1.29, 1.82) is 0 Å². The molecule has 0 spiro atoms. The molecule has 0 aliphatic heterocycles. The van der Waals surface area contributed by atoms with Crippen LogP contribution in [0, 0.1) is 10.1 Å². The number of carbonyl (C=O) groups is 1. The smallest absolute Gasteiger partial charge is 0.331 e. The van der Waals surface area contributed by atoms with E-state index in [2.05, 4.69) is 5.10 Å². The summed E-state index contributed by atoms with van der Waals surface area (Å²) in [6, 6.07) is 0. The Hall–Kier alpha value is -1.92. The monoisotopic (exact) mass is 170 g/mol. The molecule has 0 bridgehead atoms. The Morgan fingerprint density at radius 2 is 2.42 bits per heavy atom. The molecule has 0 atom stereocenters. The number of hydrogen-bond donors (Lipinski definition) is 1. The van der Waals surface area contributed by atoms with E-state index in [1.807, 2.05) is 0 Å². The number of carbonyl (C=O) groups excluding carboxylic acids is 1. The quantitative estimate of drug-likeness (QED) is 0.473. The summed E-state index contributed by atoms with van der Waals surface area (Å²) in [6.07, 6.45) is 0.984. The summed E-state index contributed by atoms with van der Waals surface area (Å²) in [7, 11) is 0. The number of nitrogens with two attached hydrogens (primary N) is 1. The van der Waals surface area contributed by atoms with Crippen molar-refractivity contribution in [3.05, 3.63) is 16.3 Å². The molecule has 1 aromatic heterocycles. The van der Waals surface area contributed by atoms with Crippen LogP contribution in [0.25, 0.3) is 0 Å². The molecule has 0 amide bonds. The van der Waals surface area contributed by atoms with Crippen LogP contribution in [0.5, 0.6) is 0 Å². The third-order valence-corrected chi connectivity index (χ3v) is 1.24. The molecule has 0 saturated heterocycles. The van der Waals surface area contributed by atoms with Gasteiger partial charge in [0.1, 0.15) is 6.20 Å². The molecule has 64 valence electrons. The molecule has 0 unspecified atom stereocenters. The fourth-order valence-electron chi connectivity index (χ4n) is 0.680. The SMILES string of the molecule is CC(=O)n1cc([N+](=O)[O-])c(N)n1. The van der Waals surface area contributed by atoms with E-state index < -0.39 is 10.8 Å². The number of rotatable bonds is 1. The summed E-state index contributed by atoms with van der Waals surface area (Å²) in [4.78, 5) is 20.2. The van der Waals surface area contributed by atoms with Gasteiger partial charge < -0.3 is 5.73 Å². The van der Waals surface area contributed by atoms with E-state index in [4.69, 9.17) is 5.73 Å². The zero-order chi connectivity index (χ0) is 9.30. The second-order valence-corrected chi connectivity index (χ2v) is 2.12. The fourth-order valence-corrected chi connectivity index (χ4v) is 0.680. The van der Waals surface area contributed by atoms with Crippen molar-refractivity contribution in [2.24, 2.45) is 0 Å². The number of nitrogen functional groups attached to an aromatic ring is 1. The maximum atomic E-state index is 10.7. The van der Waals surface area contributed by atoms with Gasteiger partial charge in [0.25, 0.3) is 0 Å². The standard InChI is InChI=1S/C5H6N4O3/c1-3(10)8-2-4(9(11)12)5(6)7-8/h2H,1H3,(H2,6,7). The van der Waals surface area contributed by atoms with Gasteiger partial charge in [-0.15, -0.1) is 5.10 Å². The number of nitro groups is 1. The molecule has 1 aromatic rings. The molecule has 2 N–H and O–H groups in total. The molecular weight excluding hydrogens is 164 g/mol. The van der Waals surface area contributed by atoms with E-state index in [9.17, 15) is 14.9 Å². The van der Waals surface area contributed by atoms with Crippen molar-refractivity contribution in [3.63, 3.8) is 0 Å². The molecule has 0 aromatic carbocycles. The van der Waals surface area contributed by atoms with Gasteiger partial charge in [0.15, 0.2) is 0 Å². The first-order chi connectivity index (χ1) is 5.52. The molecule has 1 rings (SSSR count). The molecule has 1 heterocycles. The molecule has 7 heteroatoms. The largest absolute Gasteiger partial charge is 0.376 e. The van der Waals surface area contributed by atoms with Crippen LogP contribution < -0.4 is 5.73 Å². The van der Waals surface area contributed by atoms with Crippen molar-refractivity contribution in [1.82, 2.24) is 9.78 Å². The van der Waals surface area contributed by atoms with Crippen molar-refractivity contribution in [2.75, 3.05) is 5.73 Å². The van der Waals surface area contributed by atoms with Gasteiger partial charge in [-0.25, -0.2) is 0 Å². The molecule has 0 aliphatic rings. The van der Waals surface area contributed by atoms with Crippen molar-refractivity contribution in [2.45, 2.75) is 6.92 Å². The van der Waals surface area contributed by atoms with Crippen molar-refractivity contribution >= 4 is 17.4 Å². The first-order valence-corrected chi connectivity index (χ1v) is 3.03. The van der Waals surface area contributed by atoms with Crippen LogP contribution >= 0.6 is 0 Å². The van der Waals surface area contributed by atoms with Gasteiger partial charge in [-0.3, -0.25) is 14.9 Å². The number of aromatic nitrogens is 2. The van der Waals surface area contributed by atoms with Gasteiger partial charge in [-0.05, 0) is 0 Å². The van der Waals surface area contributed by atoms with Gasteiger partial charge in [0.2, 0.25) is 11.7 Å². The molecular formula is C5H6N4O3. The maximum absolute atomic E-state index is 10.7. The fraction of sp³-hybridized carbons (Fsp3) is 0.200. The maximum Gasteiger partial charge on any atom is 0.331 e. The highest BCUT2D eigenvalue weighted by Gasteiger charge is 2.17. The van der Waals surface area contributed by atoms with Gasteiger partial charge in [0, 0.05) is 6.92 Å². The lowest BCUT2D eigenvalue weighted by Crippen LogP contribution is -2.05. The van der Waals surface area contributed by atoms with Crippen LogP contribution in [-0.2, 0) is 0 Å². The predicted octanol–water partition coefficient (Wildman–Crippen LogP) is 0.0336. The third kappa shape index (κ3) is 1.24. The Morgan fingerprint density at radius 1 is 1.83 bits per heavy atom. The molecule has 0 saturated carbocycles. The number of hydrogen-bond acceptors (Lipinski definition) is 5. The minimum absolute atomic E-state index is 0.254. The molecule has 0 fully saturated rings. The Bertz CT molecular complexity index is 342. The normalized spacial score (nSPS) is 9.75. The lowest BCUT2D eigenvalue weighted by molar-refractivity contribution is -0.384. The zero-order valence-corrected chi connectivity index (χ0v) is 6.22. The predicted molar refractivity (Wildman–Crippen MR) is 39.6 cm³/mol. The Balaban J connectivity index is 3.17. The summed E-state index contributed by atoms with van der Waals surface area (Å²) in [5.74, 6) is -0.676. The minimum Gasteiger partial charge on any atom is -0.376 e. The Kier molecular flexibility index (Phi) is 1.78.